The molecular formula is C23H28N4O5S. The summed E-state index contributed by atoms with van der Waals surface area (Å²) in [6.07, 6.45) is 0.256. The van der Waals surface area contributed by atoms with Gasteiger partial charge in [-0.05, 0) is 33.3 Å². The zero-order valence-corrected chi connectivity index (χ0v) is 19.9. The van der Waals surface area contributed by atoms with Gasteiger partial charge in [0.25, 0.3) is 0 Å². The number of ether oxygens (including phenoxy) is 2. The summed E-state index contributed by atoms with van der Waals surface area (Å²) in [4.78, 5) is 30.9. The predicted molar refractivity (Wildman–Crippen MR) is 123 cm³/mol. The van der Waals surface area contributed by atoms with E-state index in [0.717, 1.165) is 0 Å². The molecule has 1 amide bonds. The molecule has 2 N–H and O–H groups in total. The molecule has 33 heavy (non-hydrogen) atoms. The van der Waals surface area contributed by atoms with Gasteiger partial charge in [-0.15, -0.1) is 11.3 Å². The van der Waals surface area contributed by atoms with Gasteiger partial charge in [-0.2, -0.15) is 5.26 Å². The average molecular weight is 473 g/mol. The molecule has 1 aromatic heterocycles. The Kier molecular flexibility index (Phi) is 7.68. The summed E-state index contributed by atoms with van der Waals surface area (Å²) in [6.45, 7) is 6.55. The van der Waals surface area contributed by atoms with Gasteiger partial charge in [0, 0.05) is 31.8 Å². The number of methoxy groups -OCH3 is 1. The minimum Gasteiger partial charge on any atom is -0.476 e. The Labute approximate surface area is 196 Å². The fourth-order valence-corrected chi connectivity index (χ4v) is 4.76. The van der Waals surface area contributed by atoms with Crippen LogP contribution in [0, 0.1) is 11.3 Å². The molecular weight excluding hydrogens is 444 g/mol. The molecule has 2 atom stereocenters. The summed E-state index contributed by atoms with van der Waals surface area (Å²) in [6, 6.07) is 8.89. The zero-order chi connectivity index (χ0) is 24.2. The quantitative estimate of drug-likeness (QED) is 0.627. The normalized spacial score (nSPS) is 18.2. The van der Waals surface area contributed by atoms with Crippen molar-refractivity contribution in [1.82, 2.24) is 15.2 Å². The molecule has 0 bridgehead atoms. The highest BCUT2D eigenvalue weighted by atomic mass is 32.1. The molecule has 2 heterocycles. The van der Waals surface area contributed by atoms with Crippen molar-refractivity contribution in [3.63, 3.8) is 0 Å². The van der Waals surface area contributed by atoms with Gasteiger partial charge < -0.3 is 24.8 Å². The number of carbonyl (C=O) groups excluding carboxylic acids is 1. The van der Waals surface area contributed by atoms with Gasteiger partial charge in [-0.25, -0.2) is 14.6 Å². The number of hydrogen-bond donors (Lipinski definition) is 2. The van der Waals surface area contributed by atoms with E-state index in [9.17, 15) is 20.0 Å². The highest BCUT2D eigenvalue weighted by Gasteiger charge is 2.37. The minimum absolute atomic E-state index is 0.0364. The van der Waals surface area contributed by atoms with Crippen molar-refractivity contribution in [3.05, 3.63) is 40.4 Å². The number of carboxylic acid groups (broad SMARTS) is 1. The number of aromatic carboxylic acids is 1. The molecule has 1 aromatic carbocycles. The first kappa shape index (κ1) is 24.6. The molecule has 9 nitrogen and oxygen atoms in total. The van der Waals surface area contributed by atoms with Crippen molar-refractivity contribution in [2.75, 3.05) is 20.3 Å². The summed E-state index contributed by atoms with van der Waals surface area (Å²) < 4.78 is 10.8. The van der Waals surface area contributed by atoms with Crippen LogP contribution in [0.1, 0.15) is 48.1 Å². The Morgan fingerprint density at radius 3 is 2.73 bits per heavy atom. The molecule has 3 rings (SSSR count). The summed E-state index contributed by atoms with van der Waals surface area (Å²) in [7, 11) is 1.59. The van der Waals surface area contributed by atoms with Crippen LogP contribution in [0.3, 0.4) is 0 Å². The zero-order valence-electron chi connectivity index (χ0n) is 19.1. The van der Waals surface area contributed by atoms with Crippen LogP contribution >= 0.6 is 11.3 Å². The van der Waals surface area contributed by atoms with Crippen LogP contribution in [0.15, 0.2) is 24.3 Å². The predicted octanol–water partition coefficient (Wildman–Crippen LogP) is 3.49. The maximum absolute atomic E-state index is 12.6. The molecule has 0 spiro atoms. The van der Waals surface area contributed by atoms with Crippen LogP contribution < -0.4 is 5.32 Å². The monoisotopic (exact) mass is 472 g/mol. The number of nitriles is 1. The molecule has 1 aliphatic heterocycles. The Morgan fingerprint density at radius 1 is 1.36 bits per heavy atom. The molecule has 0 radical (unpaired) electrons. The van der Waals surface area contributed by atoms with Gasteiger partial charge in [0.2, 0.25) is 0 Å². The first-order valence-electron chi connectivity index (χ1n) is 10.6. The Hall–Kier alpha value is -3.00. The lowest BCUT2D eigenvalue weighted by molar-refractivity contribution is 0.0146. The number of benzene rings is 1. The van der Waals surface area contributed by atoms with Crippen molar-refractivity contribution < 1.29 is 24.2 Å². The van der Waals surface area contributed by atoms with Gasteiger partial charge in [-0.3, -0.25) is 0 Å². The molecule has 2 aromatic rings. The highest BCUT2D eigenvalue weighted by Crippen LogP contribution is 2.31. The number of hydrogen-bond acceptors (Lipinski definition) is 8. The number of thiazole rings is 1. The molecule has 0 unspecified atom stereocenters. The summed E-state index contributed by atoms with van der Waals surface area (Å²) in [5.41, 5.74) is 0.408. The number of carbonyl (C=O) groups is 2. The van der Waals surface area contributed by atoms with Crippen LogP contribution in [0.2, 0.25) is 0 Å². The van der Waals surface area contributed by atoms with E-state index in [0.29, 0.717) is 40.6 Å². The fourth-order valence-electron chi connectivity index (χ4n) is 3.72. The Balaban J connectivity index is 1.75. The standard InChI is InChI=1S/C23H28N4O5S/c1-23(2,3)32-22(30)27-12-15(9-16(27)13-31-4)25-11-18-19(21(28)29)26-20(33-18)17-8-6-5-7-14(17)10-24/h5-8,15-16,25H,9,11-13H2,1-4H3,(H,28,29)/t15-,16+/m1/s1. The summed E-state index contributed by atoms with van der Waals surface area (Å²) in [5.74, 6) is -1.12. The molecule has 176 valence electrons. The number of amides is 1. The van der Waals surface area contributed by atoms with Gasteiger partial charge in [-0.1, -0.05) is 18.2 Å². The first-order valence-corrected chi connectivity index (χ1v) is 11.4. The van der Waals surface area contributed by atoms with Gasteiger partial charge >= 0.3 is 12.1 Å². The topological polar surface area (TPSA) is 125 Å². The molecule has 1 fully saturated rings. The van der Waals surface area contributed by atoms with Crippen molar-refractivity contribution >= 4 is 23.4 Å². The van der Waals surface area contributed by atoms with Crippen molar-refractivity contribution in [3.8, 4) is 16.6 Å². The third-order valence-corrected chi connectivity index (χ3v) is 6.22. The fraction of sp³-hybridized carbons (Fsp3) is 0.478. The number of rotatable bonds is 7. The Morgan fingerprint density at radius 2 is 2.09 bits per heavy atom. The number of nitrogens with one attached hydrogen (secondary N) is 1. The van der Waals surface area contributed by atoms with E-state index in [-0.39, 0.29) is 24.3 Å². The molecule has 0 saturated carbocycles. The largest absolute Gasteiger partial charge is 0.476 e. The van der Waals surface area contributed by atoms with E-state index in [1.807, 2.05) is 20.8 Å². The van der Waals surface area contributed by atoms with Crippen molar-refractivity contribution in [2.45, 2.75) is 51.4 Å². The lowest BCUT2D eigenvalue weighted by Crippen LogP contribution is -2.42. The van der Waals surface area contributed by atoms with Crippen LogP contribution in [-0.4, -0.2) is 65.0 Å². The van der Waals surface area contributed by atoms with Crippen LogP contribution in [0.4, 0.5) is 4.79 Å². The van der Waals surface area contributed by atoms with Crippen LogP contribution in [-0.2, 0) is 16.0 Å². The van der Waals surface area contributed by atoms with E-state index in [1.54, 1.807) is 36.3 Å². The second kappa shape index (κ2) is 10.3. The second-order valence-electron chi connectivity index (χ2n) is 8.81. The van der Waals surface area contributed by atoms with Crippen LogP contribution in [0.25, 0.3) is 10.6 Å². The van der Waals surface area contributed by atoms with Crippen molar-refractivity contribution in [1.29, 1.82) is 5.26 Å². The van der Waals surface area contributed by atoms with E-state index >= 15 is 0 Å². The summed E-state index contributed by atoms with van der Waals surface area (Å²) >= 11 is 1.24. The third-order valence-electron chi connectivity index (χ3n) is 5.13. The van der Waals surface area contributed by atoms with Gasteiger partial charge in [0.05, 0.1) is 29.2 Å². The van der Waals surface area contributed by atoms with E-state index < -0.39 is 17.7 Å². The summed E-state index contributed by atoms with van der Waals surface area (Å²) in [5, 5.41) is 22.9. The number of aromatic nitrogens is 1. The van der Waals surface area contributed by atoms with E-state index in [2.05, 4.69) is 16.4 Å². The van der Waals surface area contributed by atoms with Crippen LogP contribution in [0.5, 0.6) is 0 Å². The van der Waals surface area contributed by atoms with Crippen molar-refractivity contribution in [2.24, 2.45) is 0 Å². The smallest absolute Gasteiger partial charge is 0.410 e. The van der Waals surface area contributed by atoms with E-state index in [4.69, 9.17) is 9.47 Å². The third kappa shape index (κ3) is 6.07. The maximum atomic E-state index is 12.6. The average Bonchev–Trinajstić information content (AvgIpc) is 3.35. The number of nitrogens with zero attached hydrogens (tertiary/aromatic N) is 3. The number of likely N-dealkylation sites (tertiary alicyclic amines) is 1. The van der Waals surface area contributed by atoms with Gasteiger partial charge in [0.1, 0.15) is 10.6 Å². The second-order valence-corrected chi connectivity index (χ2v) is 9.89. The highest BCUT2D eigenvalue weighted by molar-refractivity contribution is 7.15. The molecule has 0 aliphatic carbocycles. The van der Waals surface area contributed by atoms with E-state index in [1.165, 1.54) is 11.3 Å². The Bertz CT molecular complexity index is 1060. The molecule has 1 aliphatic rings. The van der Waals surface area contributed by atoms with Gasteiger partial charge in [0.15, 0.2) is 5.69 Å². The molecule has 1 saturated heterocycles. The molecule has 10 heteroatoms. The number of carboxylic acids is 1. The lowest BCUT2D eigenvalue weighted by atomic mass is 10.1. The lowest BCUT2D eigenvalue weighted by Gasteiger charge is -2.28. The SMILES string of the molecule is COC[C@@H]1C[C@@H](NCc2sc(-c3ccccc3C#N)nc2C(=O)O)CN1C(=O)OC(C)(C)C. The minimum atomic E-state index is -1.12. The first-order chi connectivity index (χ1) is 15.6. The maximum Gasteiger partial charge on any atom is 0.410 e.